The van der Waals surface area contributed by atoms with Gasteiger partial charge < -0.3 is 5.32 Å². The molecular formula is C14H11FN2S. The van der Waals surface area contributed by atoms with Gasteiger partial charge in [0, 0.05) is 17.5 Å². The van der Waals surface area contributed by atoms with Crippen LogP contribution in [-0.2, 0) is 6.54 Å². The number of fused-ring (bicyclic) bond motifs is 1. The lowest BCUT2D eigenvalue weighted by atomic mass is 10.2. The molecule has 1 N–H and O–H groups in total. The fourth-order valence-electron chi connectivity index (χ4n) is 1.83. The minimum atomic E-state index is -0.190. The van der Waals surface area contributed by atoms with E-state index in [0.717, 1.165) is 15.9 Å². The summed E-state index contributed by atoms with van der Waals surface area (Å²) >= 11 is 1.45. The summed E-state index contributed by atoms with van der Waals surface area (Å²) in [5.41, 5.74) is 0.648. The molecule has 1 heterocycles. The van der Waals surface area contributed by atoms with Crippen molar-refractivity contribution in [1.82, 2.24) is 4.37 Å². The van der Waals surface area contributed by atoms with E-state index in [9.17, 15) is 4.39 Å². The summed E-state index contributed by atoms with van der Waals surface area (Å²) < 4.78 is 19.0. The number of halogens is 1. The number of nitrogens with zero attached hydrogens (tertiary/aromatic N) is 1. The molecule has 0 bridgehead atoms. The van der Waals surface area contributed by atoms with E-state index in [4.69, 9.17) is 0 Å². The van der Waals surface area contributed by atoms with Gasteiger partial charge in [-0.25, -0.2) is 4.39 Å². The maximum atomic E-state index is 13.5. The minimum absolute atomic E-state index is 0.190. The Bertz CT molecular complexity index is 678. The van der Waals surface area contributed by atoms with Crippen LogP contribution in [0.4, 0.5) is 10.2 Å². The molecule has 0 saturated heterocycles. The third-order valence-electron chi connectivity index (χ3n) is 2.78. The maximum Gasteiger partial charge on any atom is 0.147 e. The molecule has 0 spiro atoms. The minimum Gasteiger partial charge on any atom is -0.365 e. The van der Waals surface area contributed by atoms with E-state index in [1.165, 1.54) is 17.6 Å². The molecule has 90 valence electrons. The highest BCUT2D eigenvalue weighted by Gasteiger charge is 2.06. The Labute approximate surface area is 108 Å². The Morgan fingerprint density at radius 1 is 1.06 bits per heavy atom. The second-order valence-electron chi connectivity index (χ2n) is 3.97. The van der Waals surface area contributed by atoms with Gasteiger partial charge in [-0.05, 0) is 29.7 Å². The SMILES string of the molecule is Fc1ccccc1CNc1nsc2ccccc12. The van der Waals surface area contributed by atoms with Gasteiger partial charge >= 0.3 is 0 Å². The van der Waals surface area contributed by atoms with Crippen LogP contribution in [0.1, 0.15) is 5.56 Å². The molecule has 2 nitrogen and oxygen atoms in total. The van der Waals surface area contributed by atoms with Crippen LogP contribution in [0, 0.1) is 5.82 Å². The van der Waals surface area contributed by atoms with Gasteiger partial charge in [-0.15, -0.1) is 0 Å². The van der Waals surface area contributed by atoms with Gasteiger partial charge in [-0.3, -0.25) is 0 Å². The number of rotatable bonds is 3. The van der Waals surface area contributed by atoms with E-state index < -0.39 is 0 Å². The van der Waals surface area contributed by atoms with E-state index >= 15 is 0 Å². The van der Waals surface area contributed by atoms with Gasteiger partial charge in [0.2, 0.25) is 0 Å². The average molecular weight is 258 g/mol. The second kappa shape index (κ2) is 4.74. The summed E-state index contributed by atoms with van der Waals surface area (Å²) in [6, 6.07) is 14.8. The van der Waals surface area contributed by atoms with Crippen molar-refractivity contribution in [3.05, 3.63) is 59.9 Å². The van der Waals surface area contributed by atoms with Gasteiger partial charge in [-0.1, -0.05) is 30.3 Å². The van der Waals surface area contributed by atoms with Crippen molar-refractivity contribution < 1.29 is 4.39 Å². The molecule has 1 aromatic heterocycles. The Morgan fingerprint density at radius 2 is 1.83 bits per heavy atom. The molecule has 0 atom stereocenters. The average Bonchev–Trinajstić information content (AvgIpc) is 2.81. The quantitative estimate of drug-likeness (QED) is 0.766. The van der Waals surface area contributed by atoms with E-state index in [-0.39, 0.29) is 5.82 Å². The lowest BCUT2D eigenvalue weighted by Crippen LogP contribution is -2.01. The smallest absolute Gasteiger partial charge is 0.147 e. The van der Waals surface area contributed by atoms with Crippen LogP contribution in [-0.4, -0.2) is 4.37 Å². The molecule has 4 heteroatoms. The molecule has 18 heavy (non-hydrogen) atoms. The number of anilines is 1. The third-order valence-corrected chi connectivity index (χ3v) is 3.61. The standard InChI is InChI=1S/C14H11FN2S/c15-12-7-3-1-5-10(12)9-16-14-11-6-2-4-8-13(11)18-17-14/h1-8H,9H2,(H,16,17). The van der Waals surface area contributed by atoms with Crippen LogP contribution in [0.3, 0.4) is 0 Å². The van der Waals surface area contributed by atoms with Gasteiger partial charge in [-0.2, -0.15) is 4.37 Å². The van der Waals surface area contributed by atoms with Crippen LogP contribution < -0.4 is 5.32 Å². The zero-order valence-corrected chi connectivity index (χ0v) is 10.4. The molecule has 0 radical (unpaired) electrons. The highest BCUT2D eigenvalue weighted by atomic mass is 32.1. The summed E-state index contributed by atoms with van der Waals surface area (Å²) in [4.78, 5) is 0. The second-order valence-corrected chi connectivity index (χ2v) is 4.78. The predicted molar refractivity (Wildman–Crippen MR) is 73.3 cm³/mol. The van der Waals surface area contributed by atoms with Crippen LogP contribution in [0.15, 0.2) is 48.5 Å². The number of benzene rings is 2. The lowest BCUT2D eigenvalue weighted by Gasteiger charge is -2.04. The third kappa shape index (κ3) is 2.07. The van der Waals surface area contributed by atoms with Crippen LogP contribution in [0.5, 0.6) is 0 Å². The van der Waals surface area contributed by atoms with Crippen molar-refractivity contribution >= 4 is 27.4 Å². The Balaban J connectivity index is 1.83. The molecular weight excluding hydrogens is 247 g/mol. The summed E-state index contributed by atoms with van der Waals surface area (Å²) in [7, 11) is 0. The molecule has 0 saturated carbocycles. The van der Waals surface area contributed by atoms with Gasteiger partial charge in [0.1, 0.15) is 11.6 Å². The van der Waals surface area contributed by atoms with E-state index in [0.29, 0.717) is 12.1 Å². The Morgan fingerprint density at radius 3 is 2.72 bits per heavy atom. The molecule has 0 aliphatic heterocycles. The predicted octanol–water partition coefficient (Wildman–Crippen LogP) is 4.05. The number of nitrogens with one attached hydrogen (secondary N) is 1. The fourth-order valence-corrected chi connectivity index (χ4v) is 2.59. The summed E-state index contributed by atoms with van der Waals surface area (Å²) in [5, 5.41) is 4.27. The van der Waals surface area contributed by atoms with Crippen molar-refractivity contribution in [1.29, 1.82) is 0 Å². The molecule has 3 aromatic rings. The molecule has 0 fully saturated rings. The largest absolute Gasteiger partial charge is 0.365 e. The highest BCUT2D eigenvalue weighted by molar-refractivity contribution is 7.13. The van der Waals surface area contributed by atoms with Crippen molar-refractivity contribution in [2.24, 2.45) is 0 Å². The first-order valence-corrected chi connectivity index (χ1v) is 6.43. The molecule has 0 unspecified atom stereocenters. The lowest BCUT2D eigenvalue weighted by molar-refractivity contribution is 0.613. The zero-order valence-electron chi connectivity index (χ0n) is 9.56. The molecule has 0 aliphatic rings. The first-order valence-electron chi connectivity index (χ1n) is 5.66. The summed E-state index contributed by atoms with van der Waals surface area (Å²) in [5.74, 6) is 0.628. The van der Waals surface area contributed by atoms with Crippen LogP contribution >= 0.6 is 11.5 Å². The summed E-state index contributed by atoms with van der Waals surface area (Å²) in [6.07, 6.45) is 0. The number of aromatic nitrogens is 1. The highest BCUT2D eigenvalue weighted by Crippen LogP contribution is 2.26. The number of hydrogen-bond donors (Lipinski definition) is 1. The topological polar surface area (TPSA) is 24.9 Å². The van der Waals surface area contributed by atoms with Crippen molar-refractivity contribution in [2.45, 2.75) is 6.54 Å². The molecule has 3 rings (SSSR count). The first kappa shape index (κ1) is 11.2. The zero-order chi connectivity index (χ0) is 12.4. The van der Waals surface area contributed by atoms with Crippen LogP contribution in [0.2, 0.25) is 0 Å². The van der Waals surface area contributed by atoms with Crippen LogP contribution in [0.25, 0.3) is 10.1 Å². The van der Waals surface area contributed by atoms with Gasteiger partial charge in [0.25, 0.3) is 0 Å². The van der Waals surface area contributed by atoms with Crippen molar-refractivity contribution in [3.63, 3.8) is 0 Å². The molecule has 0 aliphatic carbocycles. The Kier molecular flexibility index (Phi) is 2.94. The van der Waals surface area contributed by atoms with E-state index in [1.54, 1.807) is 12.1 Å². The van der Waals surface area contributed by atoms with E-state index in [2.05, 4.69) is 9.69 Å². The maximum absolute atomic E-state index is 13.5. The van der Waals surface area contributed by atoms with Crippen molar-refractivity contribution in [3.8, 4) is 0 Å². The molecule has 0 amide bonds. The normalized spacial score (nSPS) is 10.7. The fraction of sp³-hybridized carbons (Fsp3) is 0.0714. The van der Waals surface area contributed by atoms with Crippen molar-refractivity contribution in [2.75, 3.05) is 5.32 Å². The summed E-state index contributed by atoms with van der Waals surface area (Å²) in [6.45, 7) is 0.445. The first-order chi connectivity index (χ1) is 8.84. The monoisotopic (exact) mass is 258 g/mol. The van der Waals surface area contributed by atoms with Gasteiger partial charge in [0.15, 0.2) is 0 Å². The number of hydrogen-bond acceptors (Lipinski definition) is 3. The van der Waals surface area contributed by atoms with Gasteiger partial charge in [0.05, 0.1) is 4.70 Å². The van der Waals surface area contributed by atoms with E-state index in [1.807, 2.05) is 30.3 Å². The molecule has 2 aromatic carbocycles. The Hall–Kier alpha value is -1.94.